The van der Waals surface area contributed by atoms with Crippen molar-refractivity contribution < 1.29 is 13.3 Å². The summed E-state index contributed by atoms with van der Waals surface area (Å²) in [6.45, 7) is 1.73. The van der Waals surface area contributed by atoms with Crippen LogP contribution in [0.25, 0.3) is 22.6 Å². The second kappa shape index (κ2) is 9.14. The SMILES string of the molecule is O=c1ccc(-c2cc(F)cc(F)c2)nn1Cc1cccc(-c2noc(=O)n2C2CCNCC2)c1. The van der Waals surface area contributed by atoms with Crippen LogP contribution in [-0.2, 0) is 6.54 Å². The maximum atomic E-state index is 13.6. The van der Waals surface area contributed by atoms with Gasteiger partial charge in [-0.05, 0) is 55.8 Å². The number of halogens is 2. The van der Waals surface area contributed by atoms with Crippen LogP contribution in [0.4, 0.5) is 8.78 Å². The second-order valence-electron chi connectivity index (χ2n) is 8.20. The van der Waals surface area contributed by atoms with Gasteiger partial charge < -0.3 is 5.32 Å². The Balaban J connectivity index is 1.47. The van der Waals surface area contributed by atoms with E-state index >= 15 is 0 Å². The normalized spacial score (nSPS) is 14.4. The highest BCUT2D eigenvalue weighted by molar-refractivity contribution is 5.58. The van der Waals surface area contributed by atoms with Crippen molar-refractivity contribution >= 4 is 0 Å². The van der Waals surface area contributed by atoms with E-state index < -0.39 is 17.4 Å². The molecule has 0 bridgehead atoms. The molecule has 1 N–H and O–H groups in total. The van der Waals surface area contributed by atoms with Crippen LogP contribution in [0.15, 0.2) is 68.7 Å². The summed E-state index contributed by atoms with van der Waals surface area (Å²) < 4.78 is 35.1. The minimum atomic E-state index is -0.727. The van der Waals surface area contributed by atoms with Crippen molar-refractivity contribution in [3.8, 4) is 22.6 Å². The Hall–Kier alpha value is -3.92. The van der Waals surface area contributed by atoms with Gasteiger partial charge in [0.1, 0.15) is 11.6 Å². The quantitative estimate of drug-likeness (QED) is 0.487. The van der Waals surface area contributed by atoms with Gasteiger partial charge in [0.05, 0.1) is 12.2 Å². The van der Waals surface area contributed by atoms with Crippen LogP contribution in [0.1, 0.15) is 24.4 Å². The molecule has 8 nitrogen and oxygen atoms in total. The number of rotatable bonds is 5. The summed E-state index contributed by atoms with van der Waals surface area (Å²) in [6, 6.07) is 13.1. The third-order valence-corrected chi connectivity index (χ3v) is 5.85. The monoisotopic (exact) mass is 465 g/mol. The molecule has 3 heterocycles. The van der Waals surface area contributed by atoms with Crippen LogP contribution in [0, 0.1) is 11.6 Å². The van der Waals surface area contributed by atoms with Crippen LogP contribution in [0.3, 0.4) is 0 Å². The molecule has 1 aliphatic rings. The number of aromatic nitrogens is 4. The largest absolute Gasteiger partial charge is 0.442 e. The summed E-state index contributed by atoms with van der Waals surface area (Å²) in [5.74, 6) is -1.52. The minimum absolute atomic E-state index is 0.00807. The summed E-state index contributed by atoms with van der Waals surface area (Å²) in [4.78, 5) is 24.8. The molecule has 1 aliphatic heterocycles. The van der Waals surface area contributed by atoms with Crippen LogP contribution in [0.5, 0.6) is 0 Å². The summed E-state index contributed by atoms with van der Waals surface area (Å²) in [5.41, 5.74) is 1.55. The van der Waals surface area contributed by atoms with Crippen LogP contribution in [0.2, 0.25) is 0 Å². The smallest absolute Gasteiger partial charge is 0.317 e. The van der Waals surface area contributed by atoms with E-state index in [0.29, 0.717) is 11.4 Å². The van der Waals surface area contributed by atoms with E-state index in [0.717, 1.165) is 49.7 Å². The van der Waals surface area contributed by atoms with Gasteiger partial charge in [-0.25, -0.2) is 18.3 Å². The van der Waals surface area contributed by atoms with Gasteiger partial charge in [-0.15, -0.1) is 0 Å². The van der Waals surface area contributed by atoms with Gasteiger partial charge in [0.15, 0.2) is 5.82 Å². The Morgan fingerprint density at radius 1 is 0.971 bits per heavy atom. The van der Waals surface area contributed by atoms with E-state index in [1.807, 2.05) is 18.2 Å². The minimum Gasteiger partial charge on any atom is -0.317 e. The van der Waals surface area contributed by atoms with E-state index in [9.17, 15) is 18.4 Å². The summed E-state index contributed by atoms with van der Waals surface area (Å²) >= 11 is 0. The van der Waals surface area contributed by atoms with E-state index in [1.165, 1.54) is 16.8 Å². The van der Waals surface area contributed by atoms with Crippen molar-refractivity contribution in [1.82, 2.24) is 24.8 Å². The molecule has 0 unspecified atom stereocenters. The zero-order valence-corrected chi connectivity index (χ0v) is 18.1. The predicted molar refractivity (Wildman–Crippen MR) is 120 cm³/mol. The van der Waals surface area contributed by atoms with Gasteiger partial charge in [0.2, 0.25) is 0 Å². The number of hydrogen-bond acceptors (Lipinski definition) is 6. The fourth-order valence-electron chi connectivity index (χ4n) is 4.23. The Labute approximate surface area is 192 Å². The molecule has 1 fully saturated rings. The zero-order valence-electron chi connectivity index (χ0n) is 18.1. The van der Waals surface area contributed by atoms with Crippen molar-refractivity contribution in [2.24, 2.45) is 0 Å². The molecule has 2 aromatic heterocycles. The van der Waals surface area contributed by atoms with Gasteiger partial charge in [-0.1, -0.05) is 23.4 Å². The average molecular weight is 465 g/mol. The van der Waals surface area contributed by atoms with Crippen LogP contribution >= 0.6 is 0 Å². The second-order valence-corrected chi connectivity index (χ2v) is 8.20. The maximum Gasteiger partial charge on any atom is 0.442 e. The molecule has 174 valence electrons. The third kappa shape index (κ3) is 4.44. The fourth-order valence-corrected chi connectivity index (χ4v) is 4.23. The van der Waals surface area contributed by atoms with E-state index in [4.69, 9.17) is 4.52 Å². The molecule has 0 atom stereocenters. The van der Waals surface area contributed by atoms with Crippen LogP contribution in [-0.4, -0.2) is 32.6 Å². The van der Waals surface area contributed by atoms with Crippen LogP contribution < -0.4 is 16.6 Å². The lowest BCUT2D eigenvalue weighted by Gasteiger charge is -2.23. The van der Waals surface area contributed by atoms with E-state index in [2.05, 4.69) is 15.6 Å². The molecule has 10 heteroatoms. The Morgan fingerprint density at radius 3 is 2.50 bits per heavy atom. The first-order valence-corrected chi connectivity index (χ1v) is 10.9. The first-order chi connectivity index (χ1) is 16.5. The predicted octanol–water partition coefficient (Wildman–Crippen LogP) is 2.98. The third-order valence-electron chi connectivity index (χ3n) is 5.85. The molecule has 1 saturated heterocycles. The molecule has 0 aliphatic carbocycles. The molecule has 2 aromatic carbocycles. The molecule has 34 heavy (non-hydrogen) atoms. The lowest BCUT2D eigenvalue weighted by molar-refractivity contribution is 0.327. The molecule has 5 rings (SSSR count). The van der Waals surface area contributed by atoms with Gasteiger partial charge in [0, 0.05) is 29.3 Å². The molecule has 0 radical (unpaired) electrons. The number of nitrogens with one attached hydrogen (secondary N) is 1. The lowest BCUT2D eigenvalue weighted by atomic mass is 10.1. The summed E-state index contributed by atoms with van der Waals surface area (Å²) in [6.07, 6.45) is 1.58. The summed E-state index contributed by atoms with van der Waals surface area (Å²) in [5, 5.41) is 11.6. The highest BCUT2D eigenvalue weighted by Gasteiger charge is 2.23. The molecular weight excluding hydrogens is 444 g/mol. The maximum absolute atomic E-state index is 13.6. The van der Waals surface area contributed by atoms with E-state index in [1.54, 1.807) is 10.6 Å². The molecule has 4 aromatic rings. The van der Waals surface area contributed by atoms with Crippen molar-refractivity contribution in [3.63, 3.8) is 0 Å². The molecule has 0 spiro atoms. The lowest BCUT2D eigenvalue weighted by Crippen LogP contribution is -2.33. The first-order valence-electron chi connectivity index (χ1n) is 10.9. The van der Waals surface area contributed by atoms with Gasteiger partial charge >= 0.3 is 5.76 Å². The highest BCUT2D eigenvalue weighted by Crippen LogP contribution is 2.25. The fraction of sp³-hybridized carbons (Fsp3) is 0.250. The Bertz CT molecular complexity index is 1430. The standard InChI is InChI=1S/C24H21F2N5O3/c25-18-11-17(12-19(26)13-18)21-4-5-22(32)30(28-21)14-15-2-1-3-16(10-15)23-29-34-24(33)31(23)20-6-8-27-9-7-20/h1-5,10-13,20,27H,6-9,14H2. The number of benzene rings is 2. The number of piperidine rings is 1. The van der Waals surface area contributed by atoms with Crippen molar-refractivity contribution in [2.75, 3.05) is 13.1 Å². The highest BCUT2D eigenvalue weighted by atomic mass is 19.1. The number of hydrogen-bond donors (Lipinski definition) is 1. The average Bonchev–Trinajstić information content (AvgIpc) is 3.22. The number of nitrogens with zero attached hydrogens (tertiary/aromatic N) is 4. The first kappa shape index (κ1) is 21.9. The topological polar surface area (TPSA) is 95.0 Å². The van der Waals surface area contributed by atoms with Crippen molar-refractivity contribution in [3.05, 3.63) is 92.7 Å². The van der Waals surface area contributed by atoms with Gasteiger partial charge in [-0.2, -0.15) is 5.10 Å². The molecule has 0 amide bonds. The van der Waals surface area contributed by atoms with Crippen molar-refractivity contribution in [1.29, 1.82) is 0 Å². The zero-order chi connectivity index (χ0) is 23.7. The molecular formula is C24H21F2N5O3. The Morgan fingerprint density at radius 2 is 1.74 bits per heavy atom. The van der Waals surface area contributed by atoms with Gasteiger partial charge in [0.25, 0.3) is 5.56 Å². The van der Waals surface area contributed by atoms with Crippen molar-refractivity contribution in [2.45, 2.75) is 25.4 Å². The summed E-state index contributed by atoms with van der Waals surface area (Å²) in [7, 11) is 0. The molecule has 0 saturated carbocycles. The Kier molecular flexibility index (Phi) is 5.89. The van der Waals surface area contributed by atoms with E-state index in [-0.39, 0.29) is 29.4 Å². The van der Waals surface area contributed by atoms with Gasteiger partial charge in [-0.3, -0.25) is 13.9 Å².